The van der Waals surface area contributed by atoms with Gasteiger partial charge < -0.3 is 130 Å². The molecule has 19 atom stereocenters. The predicted molar refractivity (Wildman–Crippen MR) is 337 cm³/mol. The highest BCUT2D eigenvalue weighted by Crippen LogP contribution is 2.35. The second-order valence-electron chi connectivity index (χ2n) is 22.8. The number of H-pyrrole nitrogens is 1. The monoisotopic (exact) mass is 1410 g/mol. The molecule has 0 bridgehead atoms. The van der Waals surface area contributed by atoms with E-state index in [1.807, 2.05) is 0 Å². The molecule has 2 aliphatic rings. The molecule has 38 nitrogen and oxygen atoms in total. The summed E-state index contributed by atoms with van der Waals surface area (Å²) >= 11 is 2.45. The number of nitrogens with one attached hydrogen (secondary N) is 7. The Bertz CT molecular complexity index is 3280. The lowest BCUT2D eigenvalue weighted by atomic mass is 9.96. The number of anilines is 1. The molecule has 10 unspecified atom stereocenters. The summed E-state index contributed by atoms with van der Waals surface area (Å²) in [5.74, 6) is -7.91. The number of amides is 8. The zero-order valence-corrected chi connectivity index (χ0v) is 55.3. The number of nitrogen functional groups attached to an aromatic ring is 1. The van der Waals surface area contributed by atoms with Crippen LogP contribution in [0.5, 0.6) is 0 Å². The zero-order valence-electron chi connectivity index (χ0n) is 52.8. The van der Waals surface area contributed by atoms with Crippen molar-refractivity contribution in [3.8, 4) is 10.7 Å². The van der Waals surface area contributed by atoms with Crippen LogP contribution >= 0.6 is 22.7 Å². The lowest BCUT2D eigenvalue weighted by molar-refractivity contribution is -0.433. The third kappa shape index (κ3) is 20.6. The number of hydrogen-bond donors (Lipinski definition) is 19. The summed E-state index contributed by atoms with van der Waals surface area (Å²) in [6.45, 7) is 3.01. The summed E-state index contributed by atoms with van der Waals surface area (Å²) in [5, 5.41) is 109. The molecule has 24 N–H and O–H groups in total. The largest absolute Gasteiger partial charge is 0.850 e. The van der Waals surface area contributed by atoms with Crippen molar-refractivity contribution < 1.29 is 103 Å². The molecule has 41 heteroatoms. The van der Waals surface area contributed by atoms with Gasteiger partial charge >= 0.3 is 6.09 Å². The Labute approximate surface area is 559 Å². The first kappa shape index (κ1) is 77.7. The fourth-order valence-electron chi connectivity index (χ4n) is 9.79. The number of nitrogens with two attached hydrogens (primary N) is 5. The first-order valence-corrected chi connectivity index (χ1v) is 33.7. The molecule has 0 radical (unpaired) electrons. The van der Waals surface area contributed by atoms with Crippen LogP contribution in [-0.2, 0) is 65.0 Å². The quantitative estimate of drug-likeness (QED) is 0.0150. The van der Waals surface area contributed by atoms with Gasteiger partial charge in [0.2, 0.25) is 29.5 Å². The maximum absolute atomic E-state index is 15.2. The van der Waals surface area contributed by atoms with Crippen LogP contribution in [0.15, 0.2) is 24.1 Å². The maximum atomic E-state index is 15.2. The molecule has 2 fully saturated rings. The van der Waals surface area contributed by atoms with Gasteiger partial charge in [-0.15, -0.1) is 22.7 Å². The highest BCUT2D eigenvalue weighted by atomic mass is 32.2. The van der Waals surface area contributed by atoms with Crippen molar-refractivity contribution in [3.63, 3.8) is 0 Å². The van der Waals surface area contributed by atoms with E-state index in [1.165, 1.54) is 56.6 Å². The third-order valence-corrected chi connectivity index (χ3v) is 18.3. The van der Waals surface area contributed by atoms with E-state index in [4.69, 9.17) is 52.4 Å². The molecule has 2 saturated heterocycles. The van der Waals surface area contributed by atoms with Crippen LogP contribution in [0, 0.1) is 12.8 Å². The van der Waals surface area contributed by atoms with Crippen LogP contribution in [0.3, 0.4) is 0 Å². The van der Waals surface area contributed by atoms with Crippen LogP contribution in [0.25, 0.3) is 10.7 Å². The van der Waals surface area contributed by atoms with Gasteiger partial charge in [0.05, 0.1) is 73.3 Å². The fourth-order valence-corrected chi connectivity index (χ4v) is 12.2. The van der Waals surface area contributed by atoms with Gasteiger partial charge in [0.1, 0.15) is 99.6 Å². The summed E-state index contributed by atoms with van der Waals surface area (Å²) in [4.78, 5) is 131. The molecule has 4 aromatic heterocycles. The lowest BCUT2D eigenvalue weighted by Crippen LogP contribution is -2.65. The Morgan fingerprint density at radius 2 is 1.51 bits per heavy atom. The topological polar surface area (TPSA) is 630 Å². The van der Waals surface area contributed by atoms with Crippen LogP contribution in [-0.4, -0.2) is 262 Å². The minimum atomic E-state index is -2.21. The van der Waals surface area contributed by atoms with Crippen molar-refractivity contribution in [2.75, 3.05) is 56.8 Å². The highest BCUT2D eigenvalue weighted by Gasteiger charge is 2.54. The molecule has 6 heterocycles. The van der Waals surface area contributed by atoms with Crippen molar-refractivity contribution >= 4 is 86.8 Å². The highest BCUT2D eigenvalue weighted by molar-refractivity contribution is 7.95. The normalized spacial score (nSPS) is 24.0. The number of carbonyl (C=O) groups excluding carboxylic acids is 8. The molecule has 0 aromatic carbocycles. The number of thiazole rings is 2. The number of primary amides is 3. The number of aliphatic hydroxyl groups excluding tert-OH is 7. The number of imidazole rings is 1. The van der Waals surface area contributed by atoms with E-state index < -0.39 is 183 Å². The number of carbonyl (C=O) groups is 8. The van der Waals surface area contributed by atoms with Crippen LogP contribution in [0.2, 0.25) is 0 Å². The summed E-state index contributed by atoms with van der Waals surface area (Å²) in [6.07, 6.45) is -18.9. The standard InChI is InChI=1S/C55H83N17O21S3/c1-20-33(69-46(72-44(20)58)25(12-31(57)76)64-13-24(56)45(59)82)50(86)71-35(41(26-14-61-19-66-26)91-54-43(39(80)37(78)28(16-73)90-54)92-53-40(81)42(93-55(60)88)38(79)29(17-74)89-53)51(87)67-22(3)36(77)21(2)47(83)70-34(23(4)75)49(85)63-10-8-32-68-27(18-94-32)52-65-15-30(95-52)48(84)62-9-7-11-96(5)6/h14-15,18-19,21-25,28-29,34-43,53-54,64,73-75,78-81H,7-13,16-17,56H2,1-6H3,(H2,57,76)(H2,59,82)(H2,60,88)(H,61,66)(H,62,84)(H,63,85)(H,67,87)(H,70,83)(H,71,86)(H2,58,69,72)/t21-,22+,23+,24-,25-,28?,29?,34+,35+,36-,37?,38?,39?,40?,41-,42?,43?,53?,54?/m0/s1. The first-order chi connectivity index (χ1) is 45.3. The van der Waals surface area contributed by atoms with Crippen molar-refractivity contribution in [2.45, 2.75) is 157 Å². The van der Waals surface area contributed by atoms with Gasteiger partial charge in [0.15, 0.2) is 18.7 Å². The van der Waals surface area contributed by atoms with Gasteiger partial charge in [-0.3, -0.25) is 33.6 Å². The number of rotatable bonds is 35. The van der Waals surface area contributed by atoms with Crippen LogP contribution in [0.1, 0.15) is 88.0 Å². The average molecular weight is 1410 g/mol. The Morgan fingerprint density at radius 3 is 2.14 bits per heavy atom. The number of aromatic amines is 1. The first-order valence-electron chi connectivity index (χ1n) is 29.8. The molecule has 0 spiro atoms. The summed E-state index contributed by atoms with van der Waals surface area (Å²) in [5.41, 5.74) is 27.7. The van der Waals surface area contributed by atoms with E-state index in [9.17, 15) is 74.4 Å². The number of hydrogen-bond acceptors (Lipinski definition) is 31. The summed E-state index contributed by atoms with van der Waals surface area (Å²) in [6, 6.07) is -8.02. The molecule has 6 rings (SSSR count). The Kier molecular flexibility index (Phi) is 29.0. The lowest BCUT2D eigenvalue weighted by Gasteiger charge is -2.47. The molecule has 96 heavy (non-hydrogen) atoms. The summed E-state index contributed by atoms with van der Waals surface area (Å²) in [7, 11) is 0.256. The molecule has 4 aromatic rings. The Balaban J connectivity index is 1.26. The van der Waals surface area contributed by atoms with Crippen LogP contribution in [0.4, 0.5) is 10.6 Å². The fraction of sp³-hybridized carbons (Fsp3) is 0.618. The average Bonchev–Trinajstić information content (AvgIpc) is 1.02. The zero-order chi connectivity index (χ0) is 71.0. The number of aromatic nitrogens is 6. The maximum Gasteiger partial charge on any atom is 0.404 e. The van der Waals surface area contributed by atoms with Gasteiger partial charge in [-0.2, -0.15) is 0 Å². The van der Waals surface area contributed by atoms with E-state index >= 15 is 4.79 Å². The third-order valence-electron chi connectivity index (χ3n) is 15.2. The van der Waals surface area contributed by atoms with E-state index in [-0.39, 0.29) is 59.2 Å². The number of aliphatic hydroxyl groups is 7. The van der Waals surface area contributed by atoms with Gasteiger partial charge in [-0.25, -0.2) is 29.7 Å². The van der Waals surface area contributed by atoms with E-state index in [1.54, 1.807) is 5.38 Å². The van der Waals surface area contributed by atoms with Crippen molar-refractivity contribution in [2.24, 2.45) is 28.9 Å². The molecule has 0 aliphatic carbocycles. The summed E-state index contributed by atoms with van der Waals surface area (Å²) < 4.78 is 28.7. The smallest absolute Gasteiger partial charge is 0.404 e. The van der Waals surface area contributed by atoms with Crippen molar-refractivity contribution in [1.29, 1.82) is 0 Å². The number of ether oxygens (including phenoxy) is 5. The number of nitrogens with zero attached hydrogens (tertiary/aromatic N) is 5. The molecule has 0 saturated carbocycles. The predicted octanol–water partition coefficient (Wildman–Crippen LogP) is -8.34. The second kappa shape index (κ2) is 35.8. The van der Waals surface area contributed by atoms with Crippen molar-refractivity contribution in [3.05, 3.63) is 56.8 Å². The van der Waals surface area contributed by atoms with E-state index in [2.05, 4.69) is 74.3 Å². The Hall–Kier alpha value is -7.30. The minimum absolute atomic E-state index is 0.0173. The van der Waals surface area contributed by atoms with Crippen LogP contribution < -0.4 is 65.7 Å². The molecular weight excluding hydrogens is 1330 g/mol. The van der Waals surface area contributed by atoms with E-state index in [0.29, 0.717) is 27.1 Å². The molecule has 8 amide bonds. The second-order valence-corrected chi connectivity index (χ2v) is 27.1. The minimum Gasteiger partial charge on any atom is -0.850 e. The van der Waals surface area contributed by atoms with Crippen molar-refractivity contribution in [1.82, 2.24) is 61.8 Å². The van der Waals surface area contributed by atoms with Gasteiger partial charge in [0.25, 0.3) is 11.8 Å². The van der Waals surface area contributed by atoms with Gasteiger partial charge in [-0.1, -0.05) is 13.0 Å². The molecular formula is C55H83N17O21S3. The molecule has 532 valence electrons. The van der Waals surface area contributed by atoms with E-state index in [0.717, 1.165) is 24.7 Å². The van der Waals surface area contributed by atoms with Gasteiger partial charge in [0, 0.05) is 61.8 Å². The SMILES string of the molecule is Cc1c(N)nc([C@H](CC(N)=O)NC[C@H](N)C(N)=O)nc1C(=O)N[C@@H](C(=O)N[C@H](C)[C@@H]([O-])[C@H](C)C(=O)N[C@@H](C(=O)NCCc1nc(-c2ncc(C(=O)NCCC[S+](C)C)s2)cs1)[C@@H](C)O)[C@@H](OC1OC(CO)C(O)C(O)C1OC1OC(CO)C(O)C(OC(N)=O)C1O)c1cnc[nH]1. The molecule has 2 aliphatic heterocycles. The Morgan fingerprint density at radius 1 is 0.823 bits per heavy atom. The van der Waals surface area contributed by atoms with Gasteiger partial charge in [-0.05, 0) is 31.7 Å².